The summed E-state index contributed by atoms with van der Waals surface area (Å²) in [5.74, 6) is 0.245. The van der Waals surface area contributed by atoms with Gasteiger partial charge < -0.3 is 20.6 Å². The number of carbonyl (C=O) groups is 2. The van der Waals surface area contributed by atoms with Gasteiger partial charge in [0.2, 0.25) is 11.8 Å². The number of aliphatic hydroxyl groups is 1. The second-order valence-electron chi connectivity index (χ2n) is 7.27. The van der Waals surface area contributed by atoms with Gasteiger partial charge in [-0.05, 0) is 31.9 Å². The van der Waals surface area contributed by atoms with Gasteiger partial charge in [0.1, 0.15) is 12.1 Å². The Balaban J connectivity index is 1.76. The van der Waals surface area contributed by atoms with Gasteiger partial charge in [-0.25, -0.2) is 4.98 Å². The van der Waals surface area contributed by atoms with Gasteiger partial charge in [-0.1, -0.05) is 6.07 Å². The summed E-state index contributed by atoms with van der Waals surface area (Å²) < 4.78 is 0. The minimum atomic E-state index is -0.588. The third kappa shape index (κ3) is 5.10. The molecular formula is C21H24N6O3. The zero-order valence-electron chi connectivity index (χ0n) is 16.9. The highest BCUT2D eigenvalue weighted by Crippen LogP contribution is 2.30. The third-order valence-electron chi connectivity index (χ3n) is 4.84. The molecule has 1 aliphatic rings. The molecular weight excluding hydrogens is 384 g/mol. The van der Waals surface area contributed by atoms with E-state index in [9.17, 15) is 14.9 Å². The Bertz CT molecular complexity index is 966. The average molecular weight is 408 g/mol. The molecule has 9 heteroatoms. The van der Waals surface area contributed by atoms with Crippen molar-refractivity contribution in [1.29, 1.82) is 5.26 Å². The molecule has 1 aromatic carbocycles. The smallest absolute Gasteiger partial charge is 0.244 e. The number of amides is 2. The molecule has 2 aromatic rings. The first-order chi connectivity index (χ1) is 14.4. The Morgan fingerprint density at radius 1 is 1.33 bits per heavy atom. The van der Waals surface area contributed by atoms with E-state index in [4.69, 9.17) is 5.11 Å². The summed E-state index contributed by atoms with van der Waals surface area (Å²) >= 11 is 0. The van der Waals surface area contributed by atoms with Crippen molar-refractivity contribution in [3.8, 4) is 17.3 Å². The highest BCUT2D eigenvalue weighted by molar-refractivity contribution is 5.93. The first-order valence-corrected chi connectivity index (χ1v) is 9.72. The zero-order chi connectivity index (χ0) is 21.7. The number of hydrogen-bond donors (Lipinski definition) is 3. The summed E-state index contributed by atoms with van der Waals surface area (Å²) in [5, 5.41) is 24.2. The number of aliphatic hydroxyl groups excluding tert-OH is 1. The van der Waals surface area contributed by atoms with Gasteiger partial charge in [-0.15, -0.1) is 0 Å². The van der Waals surface area contributed by atoms with E-state index in [1.807, 2.05) is 0 Å². The average Bonchev–Trinajstić information content (AvgIpc) is 3.59. The van der Waals surface area contributed by atoms with Gasteiger partial charge in [0, 0.05) is 25.1 Å². The Hall–Kier alpha value is -3.51. The van der Waals surface area contributed by atoms with Crippen molar-refractivity contribution in [2.45, 2.75) is 25.8 Å². The van der Waals surface area contributed by atoms with Gasteiger partial charge >= 0.3 is 0 Å². The number of nitrogens with zero attached hydrogens (tertiary/aromatic N) is 4. The minimum Gasteiger partial charge on any atom is -0.395 e. The molecule has 0 aliphatic heterocycles. The molecule has 0 spiro atoms. The first kappa shape index (κ1) is 21.2. The quantitative estimate of drug-likeness (QED) is 0.605. The number of benzene rings is 1. The number of hydrogen-bond acceptors (Lipinski definition) is 7. The number of rotatable bonds is 8. The molecule has 1 aliphatic carbocycles. The van der Waals surface area contributed by atoms with E-state index in [0.717, 1.165) is 12.8 Å². The fourth-order valence-corrected chi connectivity index (χ4v) is 2.92. The molecule has 9 nitrogen and oxygen atoms in total. The monoisotopic (exact) mass is 408 g/mol. The minimum absolute atomic E-state index is 0.0354. The summed E-state index contributed by atoms with van der Waals surface area (Å²) in [7, 11) is 1.61. The van der Waals surface area contributed by atoms with E-state index >= 15 is 0 Å². The molecule has 1 heterocycles. The van der Waals surface area contributed by atoms with E-state index < -0.39 is 6.04 Å². The lowest BCUT2D eigenvalue weighted by atomic mass is 10.1. The van der Waals surface area contributed by atoms with Crippen molar-refractivity contribution in [3.05, 3.63) is 36.2 Å². The molecule has 156 valence electrons. The van der Waals surface area contributed by atoms with Gasteiger partial charge in [0.15, 0.2) is 5.82 Å². The molecule has 0 unspecified atom stereocenters. The molecule has 3 rings (SSSR count). The van der Waals surface area contributed by atoms with Gasteiger partial charge in [0.25, 0.3) is 0 Å². The third-order valence-corrected chi connectivity index (χ3v) is 4.84. The van der Waals surface area contributed by atoms with Crippen LogP contribution in [0.15, 0.2) is 30.6 Å². The molecule has 1 atom stereocenters. The van der Waals surface area contributed by atoms with Crippen LogP contribution in [0.4, 0.5) is 11.5 Å². The normalized spacial score (nSPS) is 13.8. The van der Waals surface area contributed by atoms with E-state index in [2.05, 4.69) is 26.7 Å². The van der Waals surface area contributed by atoms with Crippen LogP contribution in [-0.2, 0) is 9.59 Å². The van der Waals surface area contributed by atoms with E-state index in [-0.39, 0.29) is 30.9 Å². The van der Waals surface area contributed by atoms with Crippen LogP contribution < -0.4 is 10.6 Å². The topological polar surface area (TPSA) is 131 Å². The second-order valence-corrected chi connectivity index (χ2v) is 7.27. The Kier molecular flexibility index (Phi) is 6.59. The van der Waals surface area contributed by atoms with E-state index in [1.54, 1.807) is 38.4 Å². The van der Waals surface area contributed by atoms with Crippen molar-refractivity contribution in [2.75, 3.05) is 30.8 Å². The second kappa shape index (κ2) is 9.33. The lowest BCUT2D eigenvalue weighted by molar-refractivity contribution is -0.130. The Labute approximate surface area is 174 Å². The fraction of sp³-hybridized carbons (Fsp3) is 0.381. The summed E-state index contributed by atoms with van der Waals surface area (Å²) in [6.07, 6.45) is 4.87. The molecule has 30 heavy (non-hydrogen) atoms. The number of nitrogens with one attached hydrogen (secondary N) is 2. The number of aromatic nitrogens is 2. The number of carbonyl (C=O) groups excluding carboxylic acids is 2. The van der Waals surface area contributed by atoms with Crippen molar-refractivity contribution in [1.82, 2.24) is 14.9 Å². The van der Waals surface area contributed by atoms with Crippen molar-refractivity contribution in [2.24, 2.45) is 5.92 Å². The highest BCUT2D eigenvalue weighted by Gasteiger charge is 2.29. The van der Waals surface area contributed by atoms with Crippen LogP contribution in [0.25, 0.3) is 11.3 Å². The Morgan fingerprint density at radius 2 is 2.10 bits per heavy atom. The van der Waals surface area contributed by atoms with Gasteiger partial charge in [-0.2, -0.15) is 5.26 Å². The predicted octanol–water partition coefficient (Wildman–Crippen LogP) is 1.61. The lowest BCUT2D eigenvalue weighted by Gasteiger charge is -2.22. The summed E-state index contributed by atoms with van der Waals surface area (Å²) in [6, 6.07) is 6.66. The molecule has 1 saturated carbocycles. The van der Waals surface area contributed by atoms with Crippen LogP contribution in [0.1, 0.15) is 25.3 Å². The molecule has 3 N–H and O–H groups in total. The Morgan fingerprint density at radius 3 is 2.70 bits per heavy atom. The largest absolute Gasteiger partial charge is 0.395 e. The number of nitriles is 1. The SMILES string of the molecule is C[C@H](Nc1cc(-c2cnc(NC(=O)C3CC3)cn2)ccc1C#N)C(=O)N(C)CCO. The first-order valence-electron chi connectivity index (χ1n) is 9.72. The van der Waals surface area contributed by atoms with Crippen LogP contribution in [0.5, 0.6) is 0 Å². The molecule has 0 saturated heterocycles. The molecule has 2 amide bonds. The lowest BCUT2D eigenvalue weighted by Crippen LogP contribution is -2.40. The van der Waals surface area contributed by atoms with Crippen LogP contribution in [-0.4, -0.2) is 58.0 Å². The summed E-state index contributed by atoms with van der Waals surface area (Å²) in [4.78, 5) is 34.2. The maximum atomic E-state index is 12.4. The van der Waals surface area contributed by atoms with Crippen molar-refractivity contribution >= 4 is 23.3 Å². The predicted molar refractivity (Wildman–Crippen MR) is 111 cm³/mol. The summed E-state index contributed by atoms with van der Waals surface area (Å²) in [5.41, 5.74) is 2.18. The molecule has 0 radical (unpaired) electrons. The van der Waals surface area contributed by atoms with E-state index in [0.29, 0.717) is 28.3 Å². The standard InChI is InChI=1S/C21H24N6O3/c1-13(21(30)27(2)7-8-28)25-17-9-15(5-6-16(17)10-22)18-11-24-19(12-23-18)26-20(29)14-3-4-14/h5-6,9,11-14,25,28H,3-4,7-8H2,1-2H3,(H,24,26,29)/t13-/m0/s1. The van der Waals surface area contributed by atoms with E-state index in [1.165, 1.54) is 11.1 Å². The number of likely N-dealkylation sites (N-methyl/N-ethyl adjacent to an activating group) is 1. The zero-order valence-corrected chi connectivity index (χ0v) is 16.9. The molecule has 0 bridgehead atoms. The van der Waals surface area contributed by atoms with Crippen LogP contribution in [0.3, 0.4) is 0 Å². The molecule has 1 aromatic heterocycles. The van der Waals surface area contributed by atoms with Crippen molar-refractivity contribution in [3.63, 3.8) is 0 Å². The molecule has 1 fully saturated rings. The maximum Gasteiger partial charge on any atom is 0.244 e. The highest BCUT2D eigenvalue weighted by atomic mass is 16.3. The fourth-order valence-electron chi connectivity index (χ4n) is 2.92. The maximum absolute atomic E-state index is 12.4. The van der Waals surface area contributed by atoms with Crippen LogP contribution >= 0.6 is 0 Å². The van der Waals surface area contributed by atoms with Crippen molar-refractivity contribution < 1.29 is 14.7 Å². The summed E-state index contributed by atoms with van der Waals surface area (Å²) in [6.45, 7) is 1.81. The number of anilines is 2. The van der Waals surface area contributed by atoms with Crippen LogP contribution in [0, 0.1) is 17.2 Å². The van der Waals surface area contributed by atoms with Gasteiger partial charge in [-0.3, -0.25) is 14.6 Å². The van der Waals surface area contributed by atoms with Crippen LogP contribution in [0.2, 0.25) is 0 Å². The van der Waals surface area contributed by atoms with Gasteiger partial charge in [0.05, 0.1) is 35.9 Å².